The molecule has 0 amide bonds. The number of para-hydroxylation sites is 1. The molecule has 0 N–H and O–H groups in total. The van der Waals surface area contributed by atoms with Crippen LogP contribution in [0, 0.1) is 0 Å². The molecule has 1 heterocycles. The number of aromatic nitrogens is 2. The Hall–Kier alpha value is -2.31. The number of ether oxygens (including phenoxy) is 1. The molecule has 0 radical (unpaired) electrons. The highest BCUT2D eigenvalue weighted by Gasteiger charge is 2.36. The van der Waals surface area contributed by atoms with E-state index in [0.29, 0.717) is 13.0 Å². The number of rotatable bonds is 6. The van der Waals surface area contributed by atoms with Crippen LogP contribution in [-0.4, -0.2) is 23.1 Å². The first-order chi connectivity index (χ1) is 11.0. The van der Waals surface area contributed by atoms with Crippen LogP contribution in [0.3, 0.4) is 0 Å². The average molecular weight is 325 g/mol. The fourth-order valence-corrected chi connectivity index (χ4v) is 2.04. The van der Waals surface area contributed by atoms with Gasteiger partial charge in [-0.3, -0.25) is 0 Å². The molecule has 1 aromatic heterocycles. The molecule has 0 aliphatic carbocycles. The van der Waals surface area contributed by atoms with Crippen LogP contribution in [0.25, 0.3) is 0 Å². The van der Waals surface area contributed by atoms with E-state index < -0.39 is 17.6 Å². The van der Waals surface area contributed by atoms with Gasteiger partial charge in [0.05, 0.1) is 6.61 Å². The smallest absolute Gasteiger partial charge is 0.423 e. The van der Waals surface area contributed by atoms with Gasteiger partial charge in [0.15, 0.2) is 0 Å². The maximum absolute atomic E-state index is 13.0. The molecule has 0 saturated heterocycles. The molecule has 0 bridgehead atoms. The Balaban J connectivity index is 2.43. The van der Waals surface area contributed by atoms with Crippen LogP contribution in [0.4, 0.5) is 24.8 Å². The highest BCUT2D eigenvalue weighted by atomic mass is 19.4. The lowest BCUT2D eigenvalue weighted by molar-refractivity contribution is -0.139. The first kappa shape index (κ1) is 17.1. The summed E-state index contributed by atoms with van der Waals surface area (Å²) in [6.07, 6.45) is -3.18. The second-order valence-electron chi connectivity index (χ2n) is 4.81. The number of halogens is 3. The second-order valence-corrected chi connectivity index (χ2v) is 4.81. The quantitative estimate of drug-likeness (QED) is 0.787. The normalized spacial score (nSPS) is 11.3. The van der Waals surface area contributed by atoms with Crippen molar-refractivity contribution in [1.82, 2.24) is 9.97 Å². The van der Waals surface area contributed by atoms with Crippen LogP contribution in [-0.2, 0) is 6.18 Å². The van der Waals surface area contributed by atoms with Crippen molar-refractivity contribution in [3.05, 3.63) is 42.1 Å². The van der Waals surface area contributed by atoms with Crippen molar-refractivity contribution in [2.75, 3.05) is 18.1 Å². The van der Waals surface area contributed by atoms with Gasteiger partial charge in [0.1, 0.15) is 5.56 Å². The molecule has 0 unspecified atom stereocenters. The summed E-state index contributed by atoms with van der Waals surface area (Å²) < 4.78 is 44.3. The van der Waals surface area contributed by atoms with Crippen LogP contribution in [0.5, 0.6) is 5.88 Å². The maximum Gasteiger partial charge on any atom is 0.423 e. The largest absolute Gasteiger partial charge is 0.477 e. The van der Waals surface area contributed by atoms with Crippen molar-refractivity contribution < 1.29 is 17.9 Å². The van der Waals surface area contributed by atoms with Gasteiger partial charge in [0, 0.05) is 18.4 Å². The summed E-state index contributed by atoms with van der Waals surface area (Å²) in [5, 5.41) is 0. The molecule has 0 spiro atoms. The SMILES string of the molecule is CCCOc1nc(N(CC)c2ccccc2)ncc1C(F)(F)F. The Labute approximate surface area is 132 Å². The minimum atomic E-state index is -4.55. The minimum absolute atomic E-state index is 0.164. The molecule has 23 heavy (non-hydrogen) atoms. The van der Waals surface area contributed by atoms with Gasteiger partial charge in [-0.1, -0.05) is 25.1 Å². The van der Waals surface area contributed by atoms with E-state index in [9.17, 15) is 13.2 Å². The third kappa shape index (κ3) is 4.12. The lowest BCUT2D eigenvalue weighted by Gasteiger charge is -2.22. The van der Waals surface area contributed by atoms with Crippen LogP contribution >= 0.6 is 0 Å². The van der Waals surface area contributed by atoms with Crippen molar-refractivity contribution >= 4 is 11.6 Å². The van der Waals surface area contributed by atoms with Crippen LogP contribution < -0.4 is 9.64 Å². The monoisotopic (exact) mass is 325 g/mol. The fourth-order valence-electron chi connectivity index (χ4n) is 2.04. The van der Waals surface area contributed by atoms with E-state index in [1.807, 2.05) is 44.2 Å². The topological polar surface area (TPSA) is 38.2 Å². The third-order valence-corrected chi connectivity index (χ3v) is 3.11. The molecule has 0 aliphatic rings. The van der Waals surface area contributed by atoms with Crippen LogP contribution in [0.1, 0.15) is 25.8 Å². The van der Waals surface area contributed by atoms with Crippen molar-refractivity contribution in [3.63, 3.8) is 0 Å². The summed E-state index contributed by atoms with van der Waals surface area (Å²) in [6.45, 7) is 4.37. The molecule has 0 fully saturated rings. The van der Waals surface area contributed by atoms with E-state index >= 15 is 0 Å². The van der Waals surface area contributed by atoms with Gasteiger partial charge in [-0.05, 0) is 25.5 Å². The second kappa shape index (κ2) is 7.30. The van der Waals surface area contributed by atoms with E-state index in [1.54, 1.807) is 4.90 Å². The molecule has 2 rings (SSSR count). The highest BCUT2D eigenvalue weighted by molar-refractivity contribution is 5.57. The first-order valence-electron chi connectivity index (χ1n) is 7.37. The van der Waals surface area contributed by atoms with Gasteiger partial charge in [0.2, 0.25) is 11.8 Å². The zero-order valence-corrected chi connectivity index (χ0v) is 13.0. The van der Waals surface area contributed by atoms with Crippen molar-refractivity contribution in [3.8, 4) is 5.88 Å². The van der Waals surface area contributed by atoms with Crippen LogP contribution in [0.2, 0.25) is 0 Å². The standard InChI is InChI=1S/C16H18F3N3O/c1-3-10-23-14-13(16(17,18)19)11-20-15(21-14)22(4-2)12-8-6-5-7-9-12/h5-9,11H,3-4,10H2,1-2H3. The number of benzene rings is 1. The molecule has 0 saturated carbocycles. The molecular weight excluding hydrogens is 307 g/mol. The Kier molecular flexibility index (Phi) is 5.41. The van der Waals surface area contributed by atoms with Gasteiger partial charge >= 0.3 is 6.18 Å². The Bertz CT molecular complexity index is 632. The zero-order chi connectivity index (χ0) is 16.9. The molecule has 1 aromatic carbocycles. The molecule has 0 aliphatic heterocycles. The lowest BCUT2D eigenvalue weighted by Crippen LogP contribution is -2.20. The van der Waals surface area contributed by atoms with Gasteiger partial charge in [-0.25, -0.2) is 4.98 Å². The number of anilines is 2. The van der Waals surface area contributed by atoms with Gasteiger partial charge < -0.3 is 9.64 Å². The van der Waals surface area contributed by atoms with Crippen LogP contribution in [0.15, 0.2) is 36.5 Å². The summed E-state index contributed by atoms with van der Waals surface area (Å²) >= 11 is 0. The minimum Gasteiger partial charge on any atom is -0.477 e. The predicted octanol–water partition coefficient (Wildman–Crippen LogP) is 4.44. The molecule has 124 valence electrons. The fraction of sp³-hybridized carbons (Fsp3) is 0.375. The summed E-state index contributed by atoms with van der Waals surface area (Å²) in [5.41, 5.74) is -0.157. The van der Waals surface area contributed by atoms with E-state index in [0.717, 1.165) is 11.9 Å². The van der Waals surface area contributed by atoms with E-state index in [1.165, 1.54) is 0 Å². The summed E-state index contributed by atoms with van der Waals surface area (Å²) in [5.74, 6) is -0.253. The van der Waals surface area contributed by atoms with Crippen molar-refractivity contribution in [1.29, 1.82) is 0 Å². The van der Waals surface area contributed by atoms with E-state index in [-0.39, 0.29) is 12.6 Å². The summed E-state index contributed by atoms with van der Waals surface area (Å²) in [7, 11) is 0. The third-order valence-electron chi connectivity index (χ3n) is 3.11. The van der Waals surface area contributed by atoms with Gasteiger partial charge in [0.25, 0.3) is 0 Å². The van der Waals surface area contributed by atoms with E-state index in [2.05, 4.69) is 9.97 Å². The summed E-state index contributed by atoms with van der Waals surface area (Å²) in [6, 6.07) is 9.24. The van der Waals surface area contributed by atoms with Gasteiger partial charge in [-0.15, -0.1) is 0 Å². The summed E-state index contributed by atoms with van der Waals surface area (Å²) in [4.78, 5) is 9.59. The Morgan fingerprint density at radius 3 is 2.39 bits per heavy atom. The number of hydrogen-bond acceptors (Lipinski definition) is 4. The molecular formula is C16H18F3N3O. The first-order valence-corrected chi connectivity index (χ1v) is 7.37. The number of nitrogens with zero attached hydrogens (tertiary/aromatic N) is 3. The predicted molar refractivity (Wildman–Crippen MR) is 81.9 cm³/mol. The Morgan fingerprint density at radius 1 is 1.13 bits per heavy atom. The highest BCUT2D eigenvalue weighted by Crippen LogP contribution is 2.36. The average Bonchev–Trinajstić information content (AvgIpc) is 2.54. The van der Waals surface area contributed by atoms with Crippen molar-refractivity contribution in [2.45, 2.75) is 26.4 Å². The van der Waals surface area contributed by atoms with E-state index in [4.69, 9.17) is 4.74 Å². The van der Waals surface area contributed by atoms with Crippen molar-refractivity contribution in [2.24, 2.45) is 0 Å². The number of hydrogen-bond donors (Lipinski definition) is 0. The molecule has 2 aromatic rings. The molecule has 4 nitrogen and oxygen atoms in total. The molecule has 0 atom stereocenters. The Morgan fingerprint density at radius 2 is 1.83 bits per heavy atom. The van der Waals surface area contributed by atoms with Gasteiger partial charge in [-0.2, -0.15) is 18.2 Å². The molecule has 7 heteroatoms. The lowest BCUT2D eigenvalue weighted by atomic mass is 10.3. The zero-order valence-electron chi connectivity index (χ0n) is 13.0. The maximum atomic E-state index is 13.0. The number of alkyl halides is 3.